The minimum atomic E-state index is -1.95. The van der Waals surface area contributed by atoms with Gasteiger partial charge in [-0.1, -0.05) is 78.9 Å². The van der Waals surface area contributed by atoms with Crippen LogP contribution in [0.3, 0.4) is 0 Å². The fourth-order valence-electron chi connectivity index (χ4n) is 6.23. The molecule has 0 spiro atoms. The Hall–Kier alpha value is -4.12. The molecule has 1 N–H and O–H groups in total. The van der Waals surface area contributed by atoms with Crippen LogP contribution < -0.4 is 0 Å². The molecule has 0 aliphatic carbocycles. The normalized spacial score (nSPS) is 15.3. The predicted octanol–water partition coefficient (Wildman–Crippen LogP) is 6.38. The fourth-order valence-corrected chi connectivity index (χ4v) is 6.23. The third kappa shape index (κ3) is 9.74. The molecule has 1 aromatic heterocycles. The molecule has 9 heteroatoms. The number of carbonyl (C=O) groups is 2. The second-order valence-corrected chi connectivity index (χ2v) is 12.3. The number of hydrogen-bond donors (Lipinski definition) is 1. The molecule has 1 aliphatic rings. The summed E-state index contributed by atoms with van der Waals surface area (Å²) >= 11 is 0. The number of piperidine rings is 1. The number of likely N-dealkylation sites (tertiary alicyclic amines) is 1. The monoisotopic (exact) mass is 665 g/mol. The number of Topliss-reactive ketones (excluding diaryl/α,β-unsaturated/α-hetero) is 2. The number of aromatic nitrogens is 2. The summed E-state index contributed by atoms with van der Waals surface area (Å²) in [5.74, 6) is -0.578. The number of rotatable bonds is 18. The Balaban J connectivity index is 1.27. The van der Waals surface area contributed by atoms with Crippen LogP contribution in [0.1, 0.15) is 73.1 Å². The van der Waals surface area contributed by atoms with Crippen molar-refractivity contribution in [3.63, 3.8) is 0 Å². The zero-order valence-corrected chi connectivity index (χ0v) is 28.5. The van der Waals surface area contributed by atoms with Crippen LogP contribution >= 0.6 is 0 Å². The highest BCUT2D eigenvalue weighted by atomic mass is 16.7. The third-order valence-electron chi connectivity index (χ3n) is 8.87. The second-order valence-electron chi connectivity index (χ2n) is 12.3. The van der Waals surface area contributed by atoms with E-state index in [-0.39, 0.29) is 36.9 Å². The lowest BCUT2D eigenvalue weighted by Crippen LogP contribution is -2.42. The molecule has 258 valence electrons. The minimum Gasteiger partial charge on any atom is -0.373 e. The Kier molecular flexibility index (Phi) is 13.3. The number of nitrogens with zero attached hydrogens (tertiary/aromatic N) is 3. The number of carbonyl (C=O) groups excluding carboxylic acids is 2. The maximum absolute atomic E-state index is 14.0. The summed E-state index contributed by atoms with van der Waals surface area (Å²) in [6, 6.07) is 26.4. The van der Waals surface area contributed by atoms with Crippen molar-refractivity contribution in [2.75, 3.05) is 32.9 Å². The van der Waals surface area contributed by atoms with Crippen LogP contribution in [0, 0.1) is 0 Å². The van der Waals surface area contributed by atoms with Crippen LogP contribution in [-0.2, 0) is 31.2 Å². The zero-order chi connectivity index (χ0) is 34.5. The van der Waals surface area contributed by atoms with E-state index >= 15 is 0 Å². The van der Waals surface area contributed by atoms with Gasteiger partial charge in [0.15, 0.2) is 23.5 Å². The van der Waals surface area contributed by atoms with Crippen molar-refractivity contribution < 1.29 is 28.9 Å². The maximum atomic E-state index is 14.0. The Morgan fingerprint density at radius 3 is 2.27 bits per heavy atom. The van der Waals surface area contributed by atoms with E-state index in [1.807, 2.05) is 32.0 Å². The third-order valence-corrected chi connectivity index (χ3v) is 8.87. The lowest BCUT2D eigenvalue weighted by molar-refractivity contribution is -0.142. The van der Waals surface area contributed by atoms with Crippen molar-refractivity contribution >= 4 is 11.6 Å². The Morgan fingerprint density at radius 2 is 1.57 bits per heavy atom. The van der Waals surface area contributed by atoms with Gasteiger partial charge in [0.2, 0.25) is 0 Å². The van der Waals surface area contributed by atoms with E-state index < -0.39 is 11.4 Å². The predicted molar refractivity (Wildman–Crippen MR) is 188 cm³/mol. The molecule has 0 bridgehead atoms. The smallest absolute Gasteiger partial charge is 0.199 e. The van der Waals surface area contributed by atoms with Crippen molar-refractivity contribution in [3.8, 4) is 11.3 Å². The highest BCUT2D eigenvalue weighted by Crippen LogP contribution is 2.33. The molecule has 1 aliphatic heterocycles. The minimum absolute atomic E-state index is 0.0675. The first kappa shape index (κ1) is 36.2. The van der Waals surface area contributed by atoms with Crippen molar-refractivity contribution in [3.05, 3.63) is 120 Å². The van der Waals surface area contributed by atoms with Crippen molar-refractivity contribution in [1.82, 2.24) is 14.9 Å². The molecule has 9 nitrogen and oxygen atoms in total. The number of ketones is 2. The number of benzene rings is 3. The lowest BCUT2D eigenvalue weighted by atomic mass is 9.82. The summed E-state index contributed by atoms with van der Waals surface area (Å²) in [6.45, 7) is 7.32. The van der Waals surface area contributed by atoms with E-state index in [9.17, 15) is 14.7 Å². The van der Waals surface area contributed by atoms with Crippen LogP contribution in [0.4, 0.5) is 0 Å². The average Bonchev–Trinajstić information content (AvgIpc) is 3.15. The summed E-state index contributed by atoms with van der Waals surface area (Å²) < 4.78 is 17.3. The van der Waals surface area contributed by atoms with Crippen LogP contribution in [0.25, 0.3) is 11.3 Å². The zero-order valence-electron chi connectivity index (χ0n) is 28.5. The summed E-state index contributed by atoms with van der Waals surface area (Å²) in [5.41, 5.74) is 1.51. The van der Waals surface area contributed by atoms with Gasteiger partial charge in [-0.15, -0.1) is 0 Å². The highest BCUT2D eigenvalue weighted by molar-refractivity contribution is 5.95. The molecule has 1 saturated heterocycles. The molecular formula is C40H47N3O6. The van der Waals surface area contributed by atoms with E-state index in [2.05, 4.69) is 39.1 Å². The molecule has 3 aromatic carbocycles. The first-order valence-corrected chi connectivity index (χ1v) is 17.3. The number of aliphatic hydroxyl groups is 1. The summed E-state index contributed by atoms with van der Waals surface area (Å²) in [6.07, 6.45) is 5.73. The van der Waals surface area contributed by atoms with Gasteiger partial charge >= 0.3 is 0 Å². The molecule has 1 atom stereocenters. The van der Waals surface area contributed by atoms with Crippen LogP contribution in [0.2, 0.25) is 0 Å². The van der Waals surface area contributed by atoms with E-state index in [1.54, 1.807) is 48.7 Å². The van der Waals surface area contributed by atoms with Gasteiger partial charge in [0.05, 0.1) is 24.2 Å². The molecular weight excluding hydrogens is 618 g/mol. The molecule has 2 heterocycles. The molecule has 0 unspecified atom stereocenters. The molecule has 1 fully saturated rings. The van der Waals surface area contributed by atoms with E-state index in [4.69, 9.17) is 14.2 Å². The van der Waals surface area contributed by atoms with Gasteiger partial charge in [-0.05, 0) is 62.3 Å². The molecule has 0 amide bonds. The van der Waals surface area contributed by atoms with Crippen LogP contribution in [0.15, 0.2) is 97.3 Å². The molecule has 5 rings (SSSR count). The lowest BCUT2D eigenvalue weighted by Gasteiger charge is -2.33. The van der Waals surface area contributed by atoms with Gasteiger partial charge < -0.3 is 19.3 Å². The Morgan fingerprint density at radius 1 is 0.898 bits per heavy atom. The van der Waals surface area contributed by atoms with Gasteiger partial charge in [-0.25, -0.2) is 4.98 Å². The van der Waals surface area contributed by atoms with E-state index in [0.717, 1.165) is 32.5 Å². The fraction of sp³-hybridized carbons (Fsp3) is 0.400. The SMILES string of the molecule is CCOC(CCCC(=O)c1cncc(-c2cccc([C@](O)(C(=O)COC3CCN(Cc4ccccc4)CC3)c3ccccc3)c2)n1)OCC. The number of ether oxygens (including phenoxy) is 3. The molecule has 49 heavy (non-hydrogen) atoms. The highest BCUT2D eigenvalue weighted by Gasteiger charge is 2.40. The van der Waals surface area contributed by atoms with Crippen LogP contribution in [-0.4, -0.2) is 76.8 Å². The summed E-state index contributed by atoms with van der Waals surface area (Å²) in [7, 11) is 0. The molecule has 0 radical (unpaired) electrons. The van der Waals surface area contributed by atoms with Crippen molar-refractivity contribution in [2.45, 2.75) is 70.5 Å². The van der Waals surface area contributed by atoms with E-state index in [0.29, 0.717) is 48.4 Å². The Bertz CT molecular complexity index is 1620. The first-order chi connectivity index (χ1) is 23.9. The number of hydrogen-bond acceptors (Lipinski definition) is 9. The van der Waals surface area contributed by atoms with Gasteiger partial charge in [0.25, 0.3) is 0 Å². The van der Waals surface area contributed by atoms with E-state index in [1.165, 1.54) is 11.8 Å². The molecule has 0 saturated carbocycles. The quantitative estimate of drug-likeness (QED) is 0.0956. The van der Waals surface area contributed by atoms with Gasteiger partial charge in [-0.3, -0.25) is 19.5 Å². The van der Waals surface area contributed by atoms with Crippen molar-refractivity contribution in [1.29, 1.82) is 0 Å². The second kappa shape index (κ2) is 18.0. The maximum Gasteiger partial charge on any atom is 0.199 e. The Labute approximate surface area is 289 Å². The average molecular weight is 666 g/mol. The van der Waals surface area contributed by atoms with Gasteiger partial charge in [0.1, 0.15) is 12.3 Å². The standard InChI is InChI=1S/C40H47N3O6/c1-3-47-39(48-4-2)20-12-19-37(44)36-27-41-26-35(42-36)31-15-11-18-33(25-31)40(46,32-16-9-6-10-17-32)38(45)29-49-34-21-23-43(24-22-34)28-30-13-7-5-8-14-30/h5-11,13-18,25-27,34,39,46H,3-4,12,19-24,28-29H2,1-2H3/t40-/m0/s1. The largest absolute Gasteiger partial charge is 0.373 e. The van der Waals surface area contributed by atoms with Gasteiger partial charge in [0, 0.05) is 44.8 Å². The van der Waals surface area contributed by atoms with Crippen LogP contribution in [0.5, 0.6) is 0 Å². The van der Waals surface area contributed by atoms with Crippen molar-refractivity contribution in [2.24, 2.45) is 0 Å². The van der Waals surface area contributed by atoms with Gasteiger partial charge in [-0.2, -0.15) is 0 Å². The summed E-state index contributed by atoms with van der Waals surface area (Å²) in [4.78, 5) is 38.3. The topological polar surface area (TPSA) is 111 Å². The molecule has 4 aromatic rings. The summed E-state index contributed by atoms with van der Waals surface area (Å²) in [5, 5.41) is 12.2. The first-order valence-electron chi connectivity index (χ1n) is 17.3.